The predicted octanol–water partition coefficient (Wildman–Crippen LogP) is 4.80. The van der Waals surface area contributed by atoms with Crippen molar-refractivity contribution in [1.82, 2.24) is 14.5 Å². The molecule has 0 bridgehead atoms. The molecule has 0 aliphatic carbocycles. The highest BCUT2D eigenvalue weighted by Crippen LogP contribution is 2.37. The van der Waals surface area contributed by atoms with Crippen molar-refractivity contribution < 1.29 is 14.3 Å². The molecule has 2 aliphatic heterocycles. The van der Waals surface area contributed by atoms with Crippen molar-refractivity contribution in [2.75, 3.05) is 49.1 Å². The van der Waals surface area contributed by atoms with Crippen molar-refractivity contribution in [2.45, 2.75) is 19.4 Å². The average Bonchev–Trinajstić information content (AvgIpc) is 3.48. The van der Waals surface area contributed by atoms with Gasteiger partial charge in [-0.05, 0) is 61.8 Å². The Hall–Kier alpha value is -3.95. The fourth-order valence-corrected chi connectivity index (χ4v) is 6.11. The summed E-state index contributed by atoms with van der Waals surface area (Å²) in [7, 11) is 0. The number of benzene rings is 2. The van der Waals surface area contributed by atoms with Crippen LogP contribution in [0.25, 0.3) is 16.6 Å². The first-order valence-corrected chi connectivity index (χ1v) is 13.8. The Kier molecular flexibility index (Phi) is 7.16. The van der Waals surface area contributed by atoms with Gasteiger partial charge in [0.05, 0.1) is 21.6 Å². The molecule has 0 atom stereocenters. The van der Waals surface area contributed by atoms with Crippen LogP contribution < -0.4 is 15.2 Å². The van der Waals surface area contributed by atoms with Crippen LogP contribution in [-0.4, -0.2) is 64.8 Å². The number of aromatic nitrogens is 2. The Bertz CT molecular complexity index is 1610. The van der Waals surface area contributed by atoms with E-state index in [1.807, 2.05) is 47.4 Å². The number of carboxylic acids is 1. The Morgan fingerprint density at radius 3 is 2.33 bits per heavy atom. The standard InChI is InChI=1S/C30H29ClFN5O3/c31-26-27-22(17-24(32)28(26)36-15-13-35(14-16-36)25-5-1-2-10-33-25)29(38)23(30(39)40)19-37(27)21-8-6-20(7-9-21)18-34-11-3-4-12-34/h1-2,5-10,17,19H,3-4,11-16,18H2,(H,39,40). The normalized spacial score (nSPS) is 16.1. The first-order chi connectivity index (χ1) is 19.4. The molecule has 4 heterocycles. The molecule has 0 amide bonds. The van der Waals surface area contributed by atoms with E-state index in [9.17, 15) is 14.7 Å². The predicted molar refractivity (Wildman–Crippen MR) is 155 cm³/mol. The summed E-state index contributed by atoms with van der Waals surface area (Å²) in [6.07, 6.45) is 5.43. The van der Waals surface area contributed by atoms with Crippen LogP contribution in [0.2, 0.25) is 5.02 Å². The molecule has 2 saturated heterocycles. The lowest BCUT2D eigenvalue weighted by molar-refractivity contribution is 0.0695. The molecule has 0 saturated carbocycles. The second-order valence-electron chi connectivity index (χ2n) is 10.3. The maximum Gasteiger partial charge on any atom is 0.341 e. The van der Waals surface area contributed by atoms with Crippen LogP contribution in [0, 0.1) is 5.82 Å². The highest BCUT2D eigenvalue weighted by atomic mass is 35.5. The number of likely N-dealkylation sites (tertiary alicyclic amines) is 1. The molecule has 0 unspecified atom stereocenters. The van der Waals surface area contributed by atoms with Gasteiger partial charge in [-0.25, -0.2) is 14.2 Å². The van der Waals surface area contributed by atoms with Crippen molar-refractivity contribution in [3.8, 4) is 5.69 Å². The Balaban J connectivity index is 1.40. The van der Waals surface area contributed by atoms with Gasteiger partial charge in [-0.1, -0.05) is 29.8 Å². The molecule has 1 N–H and O–H groups in total. The van der Waals surface area contributed by atoms with Crippen LogP contribution in [0.3, 0.4) is 0 Å². The Morgan fingerprint density at radius 2 is 1.68 bits per heavy atom. The number of carboxylic acid groups (broad SMARTS) is 1. The van der Waals surface area contributed by atoms with Gasteiger partial charge in [0.25, 0.3) is 0 Å². The van der Waals surface area contributed by atoms with E-state index in [0.29, 0.717) is 31.9 Å². The smallest absolute Gasteiger partial charge is 0.341 e. The van der Waals surface area contributed by atoms with Gasteiger partial charge in [0.1, 0.15) is 17.2 Å². The Morgan fingerprint density at radius 1 is 0.975 bits per heavy atom. The van der Waals surface area contributed by atoms with Crippen molar-refractivity contribution in [3.63, 3.8) is 0 Å². The van der Waals surface area contributed by atoms with Crippen LogP contribution >= 0.6 is 11.6 Å². The summed E-state index contributed by atoms with van der Waals surface area (Å²) in [6, 6.07) is 14.6. The Labute approximate surface area is 235 Å². The van der Waals surface area contributed by atoms with E-state index in [1.54, 1.807) is 10.8 Å². The number of pyridine rings is 2. The molecule has 206 valence electrons. The first-order valence-electron chi connectivity index (χ1n) is 13.4. The molecule has 4 aromatic rings. The quantitative estimate of drug-likeness (QED) is 0.362. The summed E-state index contributed by atoms with van der Waals surface area (Å²) in [5.41, 5.74) is 1.05. The van der Waals surface area contributed by atoms with Gasteiger partial charge in [-0.3, -0.25) is 9.69 Å². The molecule has 2 aromatic heterocycles. The second kappa shape index (κ2) is 10.9. The molecule has 2 aliphatic rings. The largest absolute Gasteiger partial charge is 0.477 e. The van der Waals surface area contributed by atoms with Gasteiger partial charge in [-0.2, -0.15) is 0 Å². The van der Waals surface area contributed by atoms with Crippen LogP contribution in [0.15, 0.2) is 65.7 Å². The van der Waals surface area contributed by atoms with Gasteiger partial charge in [0, 0.05) is 50.8 Å². The summed E-state index contributed by atoms with van der Waals surface area (Å²) in [4.78, 5) is 35.9. The SMILES string of the molecule is O=C(O)c1cn(-c2ccc(CN3CCCC3)cc2)c2c(Cl)c(N3CCN(c4ccccn4)CC3)c(F)cc2c1=O. The van der Waals surface area contributed by atoms with Gasteiger partial charge < -0.3 is 19.5 Å². The van der Waals surface area contributed by atoms with Crippen molar-refractivity contribution in [2.24, 2.45) is 0 Å². The number of anilines is 2. The monoisotopic (exact) mass is 561 g/mol. The van der Waals surface area contributed by atoms with E-state index in [2.05, 4.69) is 14.8 Å². The minimum absolute atomic E-state index is 0.0700. The zero-order valence-electron chi connectivity index (χ0n) is 21.9. The molecule has 0 radical (unpaired) electrons. The first kappa shape index (κ1) is 26.3. The van der Waals surface area contributed by atoms with Crippen LogP contribution in [0.4, 0.5) is 15.9 Å². The fraction of sp³-hybridized carbons (Fsp3) is 0.300. The lowest BCUT2D eigenvalue weighted by Crippen LogP contribution is -2.47. The average molecular weight is 562 g/mol. The molecule has 6 rings (SSSR count). The molecular formula is C30H29ClFN5O3. The minimum atomic E-state index is -1.38. The van der Waals surface area contributed by atoms with Crippen LogP contribution in [0.1, 0.15) is 28.8 Å². The van der Waals surface area contributed by atoms with Crippen molar-refractivity contribution in [1.29, 1.82) is 0 Å². The second-order valence-corrected chi connectivity index (χ2v) is 10.7. The number of halogens is 2. The molecule has 2 aromatic carbocycles. The third-order valence-electron chi connectivity index (χ3n) is 7.78. The fourth-order valence-electron chi connectivity index (χ4n) is 5.71. The van der Waals surface area contributed by atoms with Gasteiger partial charge in [0.15, 0.2) is 0 Å². The summed E-state index contributed by atoms with van der Waals surface area (Å²) in [6.45, 7) is 5.24. The molecule has 40 heavy (non-hydrogen) atoms. The molecule has 0 spiro atoms. The number of rotatable bonds is 6. The number of piperazine rings is 1. The van der Waals surface area contributed by atoms with E-state index in [0.717, 1.165) is 37.1 Å². The molecule has 10 heteroatoms. The highest BCUT2D eigenvalue weighted by molar-refractivity contribution is 6.38. The van der Waals surface area contributed by atoms with E-state index >= 15 is 4.39 Å². The van der Waals surface area contributed by atoms with E-state index in [-0.39, 0.29) is 21.6 Å². The van der Waals surface area contributed by atoms with Gasteiger partial charge >= 0.3 is 5.97 Å². The maximum atomic E-state index is 15.6. The lowest BCUT2D eigenvalue weighted by atomic mass is 10.1. The zero-order chi connectivity index (χ0) is 27.8. The highest BCUT2D eigenvalue weighted by Gasteiger charge is 2.27. The number of fused-ring (bicyclic) bond motifs is 1. The van der Waals surface area contributed by atoms with E-state index in [4.69, 9.17) is 11.6 Å². The van der Waals surface area contributed by atoms with E-state index < -0.39 is 22.8 Å². The third kappa shape index (κ3) is 4.91. The number of carbonyl (C=O) groups is 1. The zero-order valence-corrected chi connectivity index (χ0v) is 22.6. The number of aromatic carboxylic acids is 1. The van der Waals surface area contributed by atoms with Gasteiger partial charge in [0.2, 0.25) is 5.43 Å². The van der Waals surface area contributed by atoms with Gasteiger partial charge in [-0.15, -0.1) is 0 Å². The van der Waals surface area contributed by atoms with Crippen molar-refractivity contribution >= 4 is 40.0 Å². The van der Waals surface area contributed by atoms with E-state index in [1.165, 1.54) is 19.0 Å². The summed E-state index contributed by atoms with van der Waals surface area (Å²) in [5.74, 6) is -1.18. The summed E-state index contributed by atoms with van der Waals surface area (Å²) >= 11 is 6.92. The lowest BCUT2D eigenvalue weighted by Gasteiger charge is -2.37. The number of hydrogen-bond donors (Lipinski definition) is 1. The van der Waals surface area contributed by atoms with Crippen LogP contribution in [0.5, 0.6) is 0 Å². The number of nitrogens with zero attached hydrogens (tertiary/aromatic N) is 5. The maximum absolute atomic E-state index is 15.6. The van der Waals surface area contributed by atoms with Crippen molar-refractivity contribution in [3.05, 3.63) is 93.1 Å². The summed E-state index contributed by atoms with van der Waals surface area (Å²) < 4.78 is 17.2. The number of hydrogen-bond acceptors (Lipinski definition) is 6. The molecule has 2 fully saturated rings. The third-order valence-corrected chi connectivity index (χ3v) is 8.13. The van der Waals surface area contributed by atoms with Crippen LogP contribution in [-0.2, 0) is 6.54 Å². The minimum Gasteiger partial charge on any atom is -0.477 e. The molecule has 8 nitrogen and oxygen atoms in total. The topological polar surface area (TPSA) is 81.9 Å². The molecular weight excluding hydrogens is 533 g/mol. The summed E-state index contributed by atoms with van der Waals surface area (Å²) in [5, 5.41) is 9.76.